The van der Waals surface area contributed by atoms with Gasteiger partial charge < -0.3 is 0 Å². The number of rotatable bonds is 4. The van der Waals surface area contributed by atoms with E-state index < -0.39 is 0 Å². The number of fused-ring (bicyclic) bond motifs is 2. The summed E-state index contributed by atoms with van der Waals surface area (Å²) >= 11 is 3.83. The first-order chi connectivity index (χ1) is 8.86. The van der Waals surface area contributed by atoms with Crippen LogP contribution in [0.1, 0.15) is 37.8 Å². The Balaban J connectivity index is 2.40. The molecule has 3 rings (SSSR count). The Hall–Kier alpha value is -0.860. The zero-order chi connectivity index (χ0) is 12.5. The monoisotopic (exact) mass is 274 g/mol. The van der Waals surface area contributed by atoms with Crippen LogP contribution < -0.4 is 0 Å². The number of thiophene rings is 2. The fraction of sp³-hybridized carbons (Fsp3) is 0.375. The first-order valence-electron chi connectivity index (χ1n) is 6.74. The molecule has 0 atom stereocenters. The minimum atomic E-state index is 1.21. The van der Waals surface area contributed by atoms with E-state index in [0.29, 0.717) is 0 Å². The quantitative estimate of drug-likeness (QED) is 0.545. The highest BCUT2D eigenvalue weighted by atomic mass is 32.1. The van der Waals surface area contributed by atoms with Gasteiger partial charge in [0.2, 0.25) is 0 Å². The van der Waals surface area contributed by atoms with E-state index in [1.807, 2.05) is 22.7 Å². The van der Waals surface area contributed by atoms with Gasteiger partial charge in [-0.05, 0) is 57.6 Å². The molecule has 0 saturated heterocycles. The summed E-state index contributed by atoms with van der Waals surface area (Å²) in [5, 5.41) is 7.54. The summed E-state index contributed by atoms with van der Waals surface area (Å²) in [7, 11) is 0. The molecule has 1 aromatic carbocycles. The van der Waals surface area contributed by atoms with Gasteiger partial charge in [-0.25, -0.2) is 0 Å². The normalized spacial score (nSPS) is 11.7. The van der Waals surface area contributed by atoms with Crippen molar-refractivity contribution in [1.82, 2.24) is 0 Å². The molecule has 0 amide bonds. The molecule has 2 heterocycles. The average molecular weight is 274 g/mol. The standard InChI is InChI=1S/C16H18S2/c1-3-5-11-13-7-9-18-16(13)12(6-4-2)14-8-10-17-15(11)14/h7-10H,3-6H2,1-2H3. The van der Waals surface area contributed by atoms with Crippen LogP contribution in [-0.2, 0) is 12.8 Å². The van der Waals surface area contributed by atoms with Gasteiger partial charge in [0.25, 0.3) is 0 Å². The second-order valence-corrected chi connectivity index (χ2v) is 6.62. The fourth-order valence-electron chi connectivity index (χ4n) is 2.80. The van der Waals surface area contributed by atoms with Gasteiger partial charge in [-0.2, -0.15) is 0 Å². The molecule has 0 nitrogen and oxygen atoms in total. The van der Waals surface area contributed by atoms with Crippen molar-refractivity contribution >= 4 is 42.8 Å². The smallest absolute Gasteiger partial charge is 0.0384 e. The van der Waals surface area contributed by atoms with Gasteiger partial charge in [0, 0.05) is 9.40 Å². The second-order valence-electron chi connectivity index (χ2n) is 4.78. The van der Waals surface area contributed by atoms with E-state index in [1.54, 1.807) is 11.1 Å². The molecule has 0 N–H and O–H groups in total. The average Bonchev–Trinajstić information content (AvgIpc) is 3.01. The largest absolute Gasteiger partial charge is 0.143 e. The summed E-state index contributed by atoms with van der Waals surface area (Å²) in [5.41, 5.74) is 3.16. The molecule has 0 aliphatic heterocycles. The molecule has 0 spiro atoms. The summed E-state index contributed by atoms with van der Waals surface area (Å²) in [6.07, 6.45) is 4.86. The molecule has 0 radical (unpaired) electrons. The third-order valence-corrected chi connectivity index (χ3v) is 5.48. The van der Waals surface area contributed by atoms with Crippen molar-refractivity contribution in [3.8, 4) is 0 Å². The number of benzene rings is 1. The van der Waals surface area contributed by atoms with Crippen LogP contribution in [0.3, 0.4) is 0 Å². The molecular formula is C16H18S2. The van der Waals surface area contributed by atoms with Crippen molar-refractivity contribution in [3.05, 3.63) is 34.0 Å². The maximum Gasteiger partial charge on any atom is 0.0384 e. The molecule has 0 fully saturated rings. The maximum atomic E-state index is 2.32. The van der Waals surface area contributed by atoms with Gasteiger partial charge in [0.05, 0.1) is 0 Å². The highest BCUT2D eigenvalue weighted by Crippen LogP contribution is 2.39. The molecule has 0 bridgehead atoms. The van der Waals surface area contributed by atoms with E-state index in [-0.39, 0.29) is 0 Å². The van der Waals surface area contributed by atoms with E-state index in [2.05, 4.69) is 36.7 Å². The maximum absolute atomic E-state index is 2.32. The van der Waals surface area contributed by atoms with E-state index >= 15 is 0 Å². The van der Waals surface area contributed by atoms with E-state index in [4.69, 9.17) is 0 Å². The molecule has 94 valence electrons. The highest BCUT2D eigenvalue weighted by Gasteiger charge is 2.14. The third-order valence-electron chi connectivity index (χ3n) is 3.53. The van der Waals surface area contributed by atoms with Gasteiger partial charge >= 0.3 is 0 Å². The Morgan fingerprint density at radius 1 is 0.778 bits per heavy atom. The number of hydrogen-bond donors (Lipinski definition) is 0. The molecular weight excluding hydrogens is 256 g/mol. The van der Waals surface area contributed by atoms with Crippen molar-refractivity contribution in [1.29, 1.82) is 0 Å². The summed E-state index contributed by atoms with van der Waals surface area (Å²) in [4.78, 5) is 0. The van der Waals surface area contributed by atoms with Crippen LogP contribution in [0.25, 0.3) is 20.2 Å². The van der Waals surface area contributed by atoms with Gasteiger partial charge in [0.15, 0.2) is 0 Å². The lowest BCUT2D eigenvalue weighted by atomic mass is 9.97. The molecule has 0 aliphatic rings. The Morgan fingerprint density at radius 2 is 1.22 bits per heavy atom. The van der Waals surface area contributed by atoms with Crippen molar-refractivity contribution in [3.63, 3.8) is 0 Å². The molecule has 3 aromatic rings. The van der Waals surface area contributed by atoms with Gasteiger partial charge in [-0.1, -0.05) is 26.7 Å². The molecule has 0 aliphatic carbocycles. The van der Waals surface area contributed by atoms with Crippen molar-refractivity contribution in [2.45, 2.75) is 39.5 Å². The van der Waals surface area contributed by atoms with E-state index in [9.17, 15) is 0 Å². The van der Waals surface area contributed by atoms with E-state index in [1.165, 1.54) is 45.9 Å². The summed E-state index contributed by atoms with van der Waals surface area (Å²) in [6.45, 7) is 4.55. The molecule has 18 heavy (non-hydrogen) atoms. The topological polar surface area (TPSA) is 0 Å². The Morgan fingerprint density at radius 3 is 1.61 bits per heavy atom. The fourth-order valence-corrected chi connectivity index (χ4v) is 4.83. The predicted octanol–water partition coefficient (Wildman–Crippen LogP) is 6.02. The van der Waals surface area contributed by atoms with Crippen LogP contribution in [0.15, 0.2) is 22.9 Å². The second kappa shape index (κ2) is 5.02. The van der Waals surface area contributed by atoms with E-state index in [0.717, 1.165) is 0 Å². The summed E-state index contributed by atoms with van der Waals surface area (Å²) < 4.78 is 3.07. The lowest BCUT2D eigenvalue weighted by Crippen LogP contribution is -1.91. The zero-order valence-corrected chi connectivity index (χ0v) is 12.6. The third kappa shape index (κ3) is 1.79. The molecule has 0 saturated carbocycles. The Kier molecular flexibility index (Phi) is 3.40. The number of aryl methyl sites for hydroxylation is 2. The SMILES string of the molecule is CCCc1c2ccsc2c(CCC)c2ccsc12. The Labute approximate surface area is 116 Å². The summed E-state index contributed by atoms with van der Waals surface area (Å²) in [6, 6.07) is 4.65. The molecule has 2 aromatic heterocycles. The van der Waals surface area contributed by atoms with Gasteiger partial charge in [-0.15, -0.1) is 22.7 Å². The van der Waals surface area contributed by atoms with Crippen molar-refractivity contribution in [2.24, 2.45) is 0 Å². The predicted molar refractivity (Wildman–Crippen MR) is 85.2 cm³/mol. The molecule has 2 heteroatoms. The highest BCUT2D eigenvalue weighted by molar-refractivity contribution is 7.19. The van der Waals surface area contributed by atoms with Crippen LogP contribution >= 0.6 is 22.7 Å². The zero-order valence-electron chi connectivity index (χ0n) is 11.0. The van der Waals surface area contributed by atoms with Crippen LogP contribution in [-0.4, -0.2) is 0 Å². The van der Waals surface area contributed by atoms with Gasteiger partial charge in [-0.3, -0.25) is 0 Å². The molecule has 0 unspecified atom stereocenters. The van der Waals surface area contributed by atoms with Crippen LogP contribution in [0.2, 0.25) is 0 Å². The van der Waals surface area contributed by atoms with Crippen molar-refractivity contribution in [2.75, 3.05) is 0 Å². The van der Waals surface area contributed by atoms with Crippen LogP contribution in [0.5, 0.6) is 0 Å². The van der Waals surface area contributed by atoms with Crippen LogP contribution in [0.4, 0.5) is 0 Å². The minimum Gasteiger partial charge on any atom is -0.143 e. The lowest BCUT2D eigenvalue weighted by Gasteiger charge is -2.10. The van der Waals surface area contributed by atoms with Crippen molar-refractivity contribution < 1.29 is 0 Å². The first kappa shape index (κ1) is 12.2. The van der Waals surface area contributed by atoms with Crippen LogP contribution in [0, 0.1) is 0 Å². The Bertz CT molecular complexity index is 566. The van der Waals surface area contributed by atoms with Gasteiger partial charge in [0.1, 0.15) is 0 Å². The first-order valence-corrected chi connectivity index (χ1v) is 8.50. The summed E-state index contributed by atoms with van der Waals surface area (Å²) in [5.74, 6) is 0. The lowest BCUT2D eigenvalue weighted by molar-refractivity contribution is 0.930. The minimum absolute atomic E-state index is 1.21. The number of hydrogen-bond acceptors (Lipinski definition) is 2.